The van der Waals surface area contributed by atoms with Gasteiger partial charge in [0.1, 0.15) is 0 Å². The van der Waals surface area contributed by atoms with Crippen LogP contribution in [-0.4, -0.2) is 22.3 Å². The van der Waals surface area contributed by atoms with Crippen LogP contribution < -0.4 is 0 Å². The van der Waals surface area contributed by atoms with Gasteiger partial charge in [-0.25, -0.2) is 0 Å². The molecular weight excluding hydrogens is 408 g/mol. The van der Waals surface area contributed by atoms with Crippen LogP contribution >= 0.6 is 0 Å². The molecule has 33 heavy (non-hydrogen) atoms. The Morgan fingerprint density at radius 2 is 1.55 bits per heavy atom. The maximum atomic E-state index is 13.5. The monoisotopic (exact) mass is 456 g/mol. The summed E-state index contributed by atoms with van der Waals surface area (Å²) in [5.41, 5.74) is 0.906. The van der Waals surface area contributed by atoms with Gasteiger partial charge in [-0.1, -0.05) is 60.1 Å². The molecule has 5 rings (SSSR count). The minimum atomic E-state index is -0.721. The summed E-state index contributed by atoms with van der Waals surface area (Å²) in [5.74, 6) is 0.675. The Morgan fingerprint density at radius 3 is 2.21 bits per heavy atom. The fourth-order valence-corrected chi connectivity index (χ4v) is 10.6. The topological polar surface area (TPSA) is 57.5 Å². The van der Waals surface area contributed by atoms with Crippen LogP contribution in [0.2, 0.25) is 0 Å². The standard InChI is InChI=1S/C30H48O3/c1-25(2)14-15-27(5)16-17-30(24(32)33)19(20(27)18-25)8-9-22-28(6)12-11-23(31)26(3,4)21(28)10-13-29(22,30)7/h8,20-23,31H,9-18H2,1-7H3,(H,32,33). The Morgan fingerprint density at radius 1 is 0.879 bits per heavy atom. The van der Waals surface area contributed by atoms with Crippen molar-refractivity contribution in [2.75, 3.05) is 0 Å². The highest BCUT2D eigenvalue weighted by Crippen LogP contribution is 2.75. The fourth-order valence-electron chi connectivity index (χ4n) is 10.6. The fraction of sp³-hybridized carbons (Fsp3) is 0.900. The second kappa shape index (κ2) is 6.89. The molecule has 0 aromatic carbocycles. The molecule has 0 aliphatic heterocycles. The molecule has 186 valence electrons. The molecule has 0 bridgehead atoms. The second-order valence-corrected chi connectivity index (χ2v) is 15.1. The number of hydrogen-bond donors (Lipinski definition) is 2. The third-order valence-electron chi connectivity index (χ3n) is 12.9. The van der Waals surface area contributed by atoms with Crippen molar-refractivity contribution in [3.05, 3.63) is 11.6 Å². The predicted octanol–water partition coefficient (Wildman–Crippen LogP) is 7.23. The molecule has 3 heteroatoms. The first-order chi connectivity index (χ1) is 15.1. The largest absolute Gasteiger partial charge is 0.481 e. The first kappa shape index (κ1) is 23.9. The quantitative estimate of drug-likeness (QED) is 0.409. The van der Waals surface area contributed by atoms with Gasteiger partial charge in [0.25, 0.3) is 0 Å². The Hall–Kier alpha value is -0.830. The summed E-state index contributed by atoms with van der Waals surface area (Å²) in [6.07, 6.45) is 12.6. The van der Waals surface area contributed by atoms with Gasteiger partial charge in [0, 0.05) is 0 Å². The van der Waals surface area contributed by atoms with E-state index in [-0.39, 0.29) is 33.2 Å². The Kier molecular flexibility index (Phi) is 4.99. The van der Waals surface area contributed by atoms with Crippen molar-refractivity contribution in [3.63, 3.8) is 0 Å². The number of allylic oxidation sites excluding steroid dienone is 1. The minimum absolute atomic E-state index is 0.0901. The number of fused-ring (bicyclic) bond motifs is 7. The van der Waals surface area contributed by atoms with Crippen LogP contribution in [0.5, 0.6) is 0 Å². The highest BCUT2D eigenvalue weighted by atomic mass is 16.4. The lowest BCUT2D eigenvalue weighted by Crippen LogP contribution is -2.66. The maximum Gasteiger partial charge on any atom is 0.314 e. The van der Waals surface area contributed by atoms with Crippen molar-refractivity contribution in [3.8, 4) is 0 Å². The van der Waals surface area contributed by atoms with Gasteiger partial charge in [-0.3, -0.25) is 4.79 Å². The lowest BCUT2D eigenvalue weighted by atomic mass is 9.33. The molecule has 0 aromatic rings. The van der Waals surface area contributed by atoms with Crippen molar-refractivity contribution in [1.82, 2.24) is 0 Å². The Bertz CT molecular complexity index is 885. The summed E-state index contributed by atoms with van der Waals surface area (Å²) in [4.78, 5) is 13.5. The second-order valence-electron chi connectivity index (χ2n) is 15.1. The first-order valence-electron chi connectivity index (χ1n) is 13.8. The van der Waals surface area contributed by atoms with E-state index in [0.717, 1.165) is 51.4 Å². The molecule has 0 radical (unpaired) electrons. The van der Waals surface area contributed by atoms with Crippen LogP contribution in [-0.2, 0) is 4.79 Å². The van der Waals surface area contributed by atoms with E-state index in [2.05, 4.69) is 54.5 Å². The Balaban J connectivity index is 1.64. The summed E-state index contributed by atoms with van der Waals surface area (Å²) in [7, 11) is 0. The molecule has 0 heterocycles. The summed E-state index contributed by atoms with van der Waals surface area (Å²) >= 11 is 0. The van der Waals surface area contributed by atoms with Gasteiger partial charge >= 0.3 is 5.97 Å². The number of carboxylic acid groups (broad SMARTS) is 1. The van der Waals surface area contributed by atoms with Crippen LogP contribution in [0.3, 0.4) is 0 Å². The van der Waals surface area contributed by atoms with E-state index in [1.165, 1.54) is 18.4 Å². The molecule has 0 aromatic heterocycles. The summed E-state index contributed by atoms with van der Waals surface area (Å²) in [6.45, 7) is 16.6. The van der Waals surface area contributed by atoms with E-state index in [4.69, 9.17) is 0 Å². The van der Waals surface area contributed by atoms with E-state index in [9.17, 15) is 15.0 Å². The summed E-state index contributed by atoms with van der Waals surface area (Å²) in [5, 5.41) is 22.0. The molecular formula is C30H48O3. The molecule has 0 saturated heterocycles. The van der Waals surface area contributed by atoms with Crippen molar-refractivity contribution in [2.24, 2.45) is 50.2 Å². The van der Waals surface area contributed by atoms with Gasteiger partial charge in [-0.05, 0) is 109 Å². The van der Waals surface area contributed by atoms with Gasteiger partial charge in [0.05, 0.1) is 11.5 Å². The van der Waals surface area contributed by atoms with Crippen molar-refractivity contribution < 1.29 is 15.0 Å². The van der Waals surface area contributed by atoms with E-state index in [0.29, 0.717) is 17.8 Å². The number of rotatable bonds is 1. The van der Waals surface area contributed by atoms with Crippen molar-refractivity contribution in [1.29, 1.82) is 0 Å². The zero-order valence-corrected chi connectivity index (χ0v) is 22.3. The Labute approximate surface area is 201 Å². The average Bonchev–Trinajstić information content (AvgIpc) is 2.71. The first-order valence-corrected chi connectivity index (χ1v) is 13.8. The average molecular weight is 457 g/mol. The van der Waals surface area contributed by atoms with Gasteiger partial charge < -0.3 is 10.2 Å². The third-order valence-corrected chi connectivity index (χ3v) is 12.9. The zero-order valence-electron chi connectivity index (χ0n) is 22.3. The highest BCUT2D eigenvalue weighted by molar-refractivity contribution is 5.81. The van der Waals surface area contributed by atoms with Gasteiger partial charge in [-0.15, -0.1) is 0 Å². The highest BCUT2D eigenvalue weighted by Gasteiger charge is 2.71. The molecule has 5 aliphatic rings. The van der Waals surface area contributed by atoms with Gasteiger partial charge in [-0.2, -0.15) is 0 Å². The van der Waals surface area contributed by atoms with Gasteiger partial charge in [0.15, 0.2) is 0 Å². The molecule has 8 atom stereocenters. The molecule has 4 fully saturated rings. The van der Waals surface area contributed by atoms with E-state index < -0.39 is 11.4 Å². The number of carboxylic acids is 1. The van der Waals surface area contributed by atoms with E-state index in [1.54, 1.807) is 0 Å². The molecule has 0 amide bonds. The number of hydrogen-bond acceptors (Lipinski definition) is 2. The summed E-state index contributed by atoms with van der Waals surface area (Å²) in [6, 6.07) is 0. The normalized spacial score (nSPS) is 52.4. The van der Waals surface area contributed by atoms with Crippen LogP contribution in [0.1, 0.15) is 113 Å². The third kappa shape index (κ3) is 2.87. The molecule has 0 spiro atoms. The number of aliphatic hydroxyl groups is 1. The van der Waals surface area contributed by atoms with E-state index >= 15 is 0 Å². The molecule has 2 N–H and O–H groups in total. The lowest BCUT2D eigenvalue weighted by Gasteiger charge is -2.70. The van der Waals surface area contributed by atoms with E-state index in [1.807, 2.05) is 0 Å². The van der Waals surface area contributed by atoms with Crippen LogP contribution in [0.25, 0.3) is 0 Å². The SMILES string of the molecule is CC1(C)CCC2(C)CCC3(C(=O)O)C(=CCC4C5(C)CCC(O)C(C)(C)C5CCC43C)C2C1. The summed E-state index contributed by atoms with van der Waals surface area (Å²) < 4.78 is 0. The zero-order chi connectivity index (χ0) is 24.2. The number of aliphatic carboxylic acids is 1. The van der Waals surface area contributed by atoms with Gasteiger partial charge in [0.2, 0.25) is 0 Å². The maximum absolute atomic E-state index is 13.5. The molecule has 3 nitrogen and oxygen atoms in total. The number of carbonyl (C=O) groups is 1. The molecule has 5 aliphatic carbocycles. The smallest absolute Gasteiger partial charge is 0.314 e. The van der Waals surface area contributed by atoms with Crippen molar-refractivity contribution >= 4 is 5.97 Å². The van der Waals surface area contributed by atoms with Crippen molar-refractivity contribution in [2.45, 2.75) is 119 Å². The van der Waals surface area contributed by atoms with Crippen LogP contribution in [0.4, 0.5) is 0 Å². The van der Waals surface area contributed by atoms with Crippen LogP contribution in [0.15, 0.2) is 11.6 Å². The van der Waals surface area contributed by atoms with Crippen LogP contribution in [0, 0.1) is 50.2 Å². The lowest BCUT2D eigenvalue weighted by molar-refractivity contribution is -0.213. The molecule has 4 saturated carbocycles. The predicted molar refractivity (Wildman–Crippen MR) is 133 cm³/mol. The number of aliphatic hydroxyl groups excluding tert-OH is 1. The molecule has 8 unspecified atom stereocenters. The minimum Gasteiger partial charge on any atom is -0.481 e.